The Morgan fingerprint density at radius 1 is 1.23 bits per heavy atom. The number of nitro groups is 1. The molecule has 3 rings (SSSR count). The fourth-order valence-corrected chi connectivity index (χ4v) is 4.48. The van der Waals surface area contributed by atoms with Gasteiger partial charge in [0.05, 0.1) is 22.1 Å². The molecule has 1 atom stereocenters. The fraction of sp³-hybridized carbons (Fsp3) is 0.375. The lowest BCUT2D eigenvalue weighted by molar-refractivity contribution is -0.385. The third-order valence-electron chi connectivity index (χ3n) is 4.17. The summed E-state index contributed by atoms with van der Waals surface area (Å²) in [6, 6.07) is 7.28. The molecule has 1 aromatic heterocycles. The number of benzene rings is 1. The minimum absolute atomic E-state index is 0.0533. The highest BCUT2D eigenvalue weighted by Crippen LogP contribution is 2.28. The summed E-state index contributed by atoms with van der Waals surface area (Å²) < 4.78 is 32.8. The van der Waals surface area contributed by atoms with E-state index in [1.165, 1.54) is 16.4 Å². The number of hydrogen-bond acceptors (Lipinski definition) is 7. The molecule has 1 saturated heterocycles. The number of rotatable bonds is 5. The van der Waals surface area contributed by atoms with Crippen molar-refractivity contribution in [2.45, 2.75) is 31.3 Å². The van der Waals surface area contributed by atoms with Crippen molar-refractivity contribution in [3.05, 3.63) is 51.7 Å². The second kappa shape index (κ2) is 6.96. The number of nitro benzene ring substituents is 1. The number of aryl methyl sites for hydroxylation is 2. The van der Waals surface area contributed by atoms with E-state index in [0.717, 1.165) is 11.8 Å². The van der Waals surface area contributed by atoms with Gasteiger partial charge in [0.25, 0.3) is 5.69 Å². The summed E-state index contributed by atoms with van der Waals surface area (Å²) in [5, 5.41) is 18.8. The van der Waals surface area contributed by atoms with Crippen molar-refractivity contribution >= 4 is 15.7 Å². The molecule has 0 radical (unpaired) electrons. The van der Waals surface area contributed by atoms with Crippen molar-refractivity contribution in [1.29, 1.82) is 0 Å². The Balaban J connectivity index is 1.78. The third kappa shape index (κ3) is 3.65. The Kier molecular flexibility index (Phi) is 4.88. The second-order valence-corrected chi connectivity index (χ2v) is 8.02. The van der Waals surface area contributed by atoms with Crippen molar-refractivity contribution in [3.8, 4) is 5.88 Å². The summed E-state index contributed by atoms with van der Waals surface area (Å²) >= 11 is 0. The molecule has 1 aromatic carbocycles. The molecule has 10 heteroatoms. The maximum atomic E-state index is 12.9. The number of nitrogens with zero attached hydrogens (tertiary/aromatic N) is 4. The molecule has 1 aliphatic heterocycles. The Bertz CT molecular complexity index is 930. The molecule has 0 bridgehead atoms. The van der Waals surface area contributed by atoms with Crippen LogP contribution in [0, 0.1) is 24.0 Å². The predicted molar refractivity (Wildman–Crippen MR) is 92.4 cm³/mol. The van der Waals surface area contributed by atoms with Crippen molar-refractivity contribution in [1.82, 2.24) is 14.5 Å². The van der Waals surface area contributed by atoms with Gasteiger partial charge in [0.15, 0.2) is 0 Å². The lowest BCUT2D eigenvalue weighted by Gasteiger charge is -2.18. The van der Waals surface area contributed by atoms with Gasteiger partial charge in [-0.1, -0.05) is 6.07 Å². The third-order valence-corrected chi connectivity index (χ3v) is 6.18. The van der Waals surface area contributed by atoms with Gasteiger partial charge in [0.1, 0.15) is 6.10 Å². The number of aromatic nitrogens is 2. The Labute approximate surface area is 150 Å². The molecule has 1 fully saturated rings. The standard InChI is InChI=1S/C16H18N4O5S/c1-11-3-5-13(20(21)22)9-15(11)26(23,24)19-8-7-14(10-19)25-16-6-4-12(2)17-18-16/h3-6,9,14H,7-8,10H2,1-2H3. The first-order valence-electron chi connectivity index (χ1n) is 7.99. The van der Waals surface area contributed by atoms with Crippen LogP contribution in [0.3, 0.4) is 0 Å². The van der Waals surface area contributed by atoms with Crippen LogP contribution in [0.1, 0.15) is 17.7 Å². The van der Waals surface area contributed by atoms with E-state index in [2.05, 4.69) is 10.2 Å². The number of ether oxygens (including phenoxy) is 1. The number of sulfonamides is 1. The average molecular weight is 378 g/mol. The molecular weight excluding hydrogens is 360 g/mol. The second-order valence-electron chi connectivity index (χ2n) is 6.11. The molecule has 1 unspecified atom stereocenters. The summed E-state index contributed by atoms with van der Waals surface area (Å²) in [7, 11) is -3.84. The van der Waals surface area contributed by atoms with E-state index in [1.54, 1.807) is 19.1 Å². The first-order chi connectivity index (χ1) is 12.3. The first-order valence-corrected chi connectivity index (χ1v) is 9.43. The summed E-state index contributed by atoms with van der Waals surface area (Å²) in [6.07, 6.45) is 0.156. The molecule has 2 heterocycles. The highest BCUT2D eigenvalue weighted by molar-refractivity contribution is 7.89. The van der Waals surface area contributed by atoms with Crippen LogP contribution >= 0.6 is 0 Å². The van der Waals surface area contributed by atoms with Crippen LogP contribution in [0.15, 0.2) is 35.2 Å². The van der Waals surface area contributed by atoms with Crippen LogP contribution in [0.2, 0.25) is 0 Å². The monoisotopic (exact) mass is 378 g/mol. The van der Waals surface area contributed by atoms with Crippen molar-refractivity contribution < 1.29 is 18.1 Å². The predicted octanol–water partition coefficient (Wildman–Crippen LogP) is 1.84. The van der Waals surface area contributed by atoms with Gasteiger partial charge in [-0.2, -0.15) is 9.40 Å². The average Bonchev–Trinajstić information content (AvgIpc) is 3.06. The normalized spacial score (nSPS) is 18.0. The van der Waals surface area contributed by atoms with Crippen LogP contribution in [0.4, 0.5) is 5.69 Å². The molecule has 9 nitrogen and oxygen atoms in total. The van der Waals surface area contributed by atoms with Gasteiger partial charge in [0, 0.05) is 24.7 Å². The van der Waals surface area contributed by atoms with Crippen molar-refractivity contribution in [3.63, 3.8) is 0 Å². The molecule has 0 spiro atoms. The van der Waals surface area contributed by atoms with Gasteiger partial charge >= 0.3 is 0 Å². The van der Waals surface area contributed by atoms with E-state index in [4.69, 9.17) is 4.74 Å². The van der Waals surface area contributed by atoms with Crippen LogP contribution < -0.4 is 4.74 Å². The van der Waals surface area contributed by atoms with E-state index in [1.807, 2.05) is 6.92 Å². The smallest absolute Gasteiger partial charge is 0.270 e. The molecule has 1 aliphatic rings. The zero-order chi connectivity index (χ0) is 18.9. The molecule has 138 valence electrons. The highest BCUT2D eigenvalue weighted by Gasteiger charge is 2.35. The van der Waals surface area contributed by atoms with Gasteiger partial charge in [-0.3, -0.25) is 10.1 Å². The van der Waals surface area contributed by atoms with E-state index in [0.29, 0.717) is 17.9 Å². The minimum atomic E-state index is -3.84. The van der Waals surface area contributed by atoms with Crippen LogP contribution in [0.25, 0.3) is 0 Å². The maximum Gasteiger partial charge on any atom is 0.270 e. The fourth-order valence-electron chi connectivity index (χ4n) is 2.75. The first kappa shape index (κ1) is 18.2. The Morgan fingerprint density at radius 2 is 2.00 bits per heavy atom. The van der Waals surface area contributed by atoms with E-state index in [9.17, 15) is 18.5 Å². The zero-order valence-corrected chi connectivity index (χ0v) is 15.1. The molecule has 26 heavy (non-hydrogen) atoms. The summed E-state index contributed by atoms with van der Waals surface area (Å²) in [5.41, 5.74) is 0.967. The number of hydrogen-bond donors (Lipinski definition) is 0. The summed E-state index contributed by atoms with van der Waals surface area (Å²) in [4.78, 5) is 10.3. The number of non-ortho nitro benzene ring substituents is 1. The molecule has 2 aromatic rings. The van der Waals surface area contributed by atoms with Crippen molar-refractivity contribution in [2.75, 3.05) is 13.1 Å². The maximum absolute atomic E-state index is 12.9. The largest absolute Gasteiger partial charge is 0.472 e. The van der Waals surface area contributed by atoms with Gasteiger partial charge in [-0.15, -0.1) is 5.10 Å². The summed E-state index contributed by atoms with van der Waals surface area (Å²) in [6.45, 7) is 3.85. The Hall–Kier alpha value is -2.59. The molecular formula is C16H18N4O5S. The molecule has 0 aliphatic carbocycles. The van der Waals surface area contributed by atoms with E-state index in [-0.39, 0.29) is 29.8 Å². The highest BCUT2D eigenvalue weighted by atomic mass is 32.2. The SMILES string of the molecule is Cc1ccc(OC2CCN(S(=O)(=O)c3cc([N+](=O)[O-])ccc3C)C2)nn1. The summed E-state index contributed by atoms with van der Waals surface area (Å²) in [5.74, 6) is 0.339. The van der Waals surface area contributed by atoms with Crippen LogP contribution in [0.5, 0.6) is 5.88 Å². The zero-order valence-electron chi connectivity index (χ0n) is 14.3. The van der Waals surface area contributed by atoms with Gasteiger partial charge < -0.3 is 4.74 Å². The molecule has 0 N–H and O–H groups in total. The topological polar surface area (TPSA) is 116 Å². The quantitative estimate of drug-likeness (QED) is 0.576. The minimum Gasteiger partial charge on any atom is -0.472 e. The van der Waals surface area contributed by atoms with Gasteiger partial charge in [0.2, 0.25) is 15.9 Å². The van der Waals surface area contributed by atoms with Crippen LogP contribution in [-0.2, 0) is 10.0 Å². The lowest BCUT2D eigenvalue weighted by Crippen LogP contribution is -2.31. The van der Waals surface area contributed by atoms with E-state index >= 15 is 0 Å². The lowest BCUT2D eigenvalue weighted by atomic mass is 10.2. The van der Waals surface area contributed by atoms with Gasteiger partial charge in [-0.25, -0.2) is 8.42 Å². The van der Waals surface area contributed by atoms with Crippen molar-refractivity contribution in [2.24, 2.45) is 0 Å². The Morgan fingerprint density at radius 3 is 2.65 bits per heavy atom. The molecule has 0 amide bonds. The van der Waals surface area contributed by atoms with Crippen LogP contribution in [-0.4, -0.2) is 47.0 Å². The molecule has 0 saturated carbocycles. The van der Waals surface area contributed by atoms with Gasteiger partial charge in [-0.05, 0) is 31.9 Å². The van der Waals surface area contributed by atoms with E-state index < -0.39 is 14.9 Å².